The summed E-state index contributed by atoms with van der Waals surface area (Å²) < 4.78 is 44.7. The summed E-state index contributed by atoms with van der Waals surface area (Å²) >= 11 is 0. The molecule has 3 aromatic rings. The van der Waals surface area contributed by atoms with Crippen molar-refractivity contribution in [3.63, 3.8) is 0 Å². The van der Waals surface area contributed by atoms with Crippen molar-refractivity contribution in [3.05, 3.63) is 54.5 Å². The summed E-state index contributed by atoms with van der Waals surface area (Å²) in [6.45, 7) is 5.78. The number of anilines is 1. The van der Waals surface area contributed by atoms with Crippen molar-refractivity contribution in [2.75, 3.05) is 18.9 Å². The van der Waals surface area contributed by atoms with Gasteiger partial charge >= 0.3 is 19.7 Å². The zero-order valence-electron chi connectivity index (χ0n) is 27.3. The minimum absolute atomic E-state index is 0.0912. The number of nitrogen functional groups attached to an aromatic ring is 1. The molecule has 16 heteroatoms. The molecular formula is C32H44N5O10P. The summed E-state index contributed by atoms with van der Waals surface area (Å²) in [5.41, 5.74) is 3.22. The molecular weight excluding hydrogens is 645 g/mol. The van der Waals surface area contributed by atoms with Gasteiger partial charge in [-0.1, -0.05) is 57.7 Å². The molecule has 1 aliphatic heterocycles. The number of aromatic nitrogens is 3. The highest BCUT2D eigenvalue weighted by Crippen LogP contribution is 2.68. The number of para-hydroxylation sites is 1. The van der Waals surface area contributed by atoms with Crippen LogP contribution >= 0.6 is 7.75 Å². The largest absolute Gasteiger partial charge is 0.466 e. The van der Waals surface area contributed by atoms with Crippen LogP contribution in [-0.4, -0.2) is 79.4 Å². The van der Waals surface area contributed by atoms with E-state index in [2.05, 4.69) is 15.2 Å². The van der Waals surface area contributed by atoms with Crippen molar-refractivity contribution in [2.45, 2.75) is 101 Å². The lowest BCUT2D eigenvalue weighted by Crippen LogP contribution is -2.41. The molecule has 1 saturated heterocycles. The van der Waals surface area contributed by atoms with Crippen LogP contribution in [0.3, 0.4) is 0 Å². The van der Waals surface area contributed by atoms with Crippen LogP contribution in [0.4, 0.5) is 5.82 Å². The monoisotopic (exact) mass is 689 g/mol. The van der Waals surface area contributed by atoms with E-state index in [4.69, 9.17) is 29.0 Å². The second-order valence-electron chi connectivity index (χ2n) is 12.2. The fourth-order valence-corrected chi connectivity index (χ4v) is 7.69. The van der Waals surface area contributed by atoms with Gasteiger partial charge in [0.2, 0.25) is 0 Å². The summed E-state index contributed by atoms with van der Waals surface area (Å²) in [5.74, 6) is -1.23. The molecule has 1 saturated carbocycles. The Balaban J connectivity index is 1.37. The van der Waals surface area contributed by atoms with Gasteiger partial charge in [0.25, 0.3) is 0 Å². The summed E-state index contributed by atoms with van der Waals surface area (Å²) in [6, 6.07) is 9.87. The number of esters is 2. The van der Waals surface area contributed by atoms with Crippen molar-refractivity contribution in [1.82, 2.24) is 19.7 Å². The molecule has 3 heterocycles. The Bertz CT molecular complexity index is 1630. The fourth-order valence-electron chi connectivity index (χ4n) is 5.92. The van der Waals surface area contributed by atoms with Gasteiger partial charge < -0.3 is 34.7 Å². The third-order valence-corrected chi connectivity index (χ3v) is 10.3. The minimum Gasteiger partial charge on any atom is -0.466 e. The SMILES string of the molecule is CCCCCOC(=O)C[C@H](NP(=O)(Oc1ccccc1)OC1[C@@]2(C)O[C@@H](c3ccc4c(N)ncnn34)[C@H](O)[C@@]12O)C(=O)OCCCCC. The van der Waals surface area contributed by atoms with E-state index in [0.29, 0.717) is 24.1 Å². The minimum atomic E-state index is -4.63. The normalized spacial score (nSPS) is 26.4. The number of fused-ring (bicyclic) bond motifs is 2. The Morgan fingerprint density at radius 1 is 1.08 bits per heavy atom. The predicted molar refractivity (Wildman–Crippen MR) is 173 cm³/mol. The molecule has 262 valence electrons. The summed E-state index contributed by atoms with van der Waals surface area (Å²) in [7, 11) is -4.63. The molecule has 2 aromatic heterocycles. The van der Waals surface area contributed by atoms with Crippen LogP contribution in [-0.2, 0) is 32.9 Å². The quantitative estimate of drug-likeness (QED) is 0.0855. The van der Waals surface area contributed by atoms with E-state index in [1.54, 1.807) is 30.3 Å². The summed E-state index contributed by atoms with van der Waals surface area (Å²) in [5, 5.41) is 29.9. The molecule has 0 amide bonds. The maximum atomic E-state index is 14.6. The number of rotatable bonds is 18. The number of benzene rings is 1. The van der Waals surface area contributed by atoms with E-state index >= 15 is 0 Å². The van der Waals surface area contributed by atoms with E-state index in [9.17, 15) is 24.4 Å². The average molecular weight is 690 g/mol. The predicted octanol–water partition coefficient (Wildman–Crippen LogP) is 3.63. The highest BCUT2D eigenvalue weighted by molar-refractivity contribution is 7.52. The first-order valence-corrected chi connectivity index (χ1v) is 17.8. The first-order valence-electron chi connectivity index (χ1n) is 16.3. The number of nitrogens with zero attached hydrogens (tertiary/aromatic N) is 3. The van der Waals surface area contributed by atoms with E-state index in [0.717, 1.165) is 25.7 Å². The highest BCUT2D eigenvalue weighted by atomic mass is 31.2. The third kappa shape index (κ3) is 7.21. The molecule has 0 spiro atoms. The number of unbranched alkanes of at least 4 members (excludes halogenated alkanes) is 4. The topological polar surface area (TPSA) is 206 Å². The van der Waals surface area contributed by atoms with Crippen molar-refractivity contribution < 1.29 is 47.6 Å². The zero-order valence-corrected chi connectivity index (χ0v) is 28.2. The molecule has 2 unspecified atom stereocenters. The summed E-state index contributed by atoms with van der Waals surface area (Å²) in [4.78, 5) is 30.0. The Morgan fingerprint density at radius 3 is 2.42 bits per heavy atom. The number of carbonyl (C=O) groups is 2. The fraction of sp³-hybridized carbons (Fsp3) is 0.562. The van der Waals surface area contributed by atoms with E-state index in [-0.39, 0.29) is 24.8 Å². The first kappa shape index (κ1) is 35.7. The molecule has 0 bridgehead atoms. The maximum absolute atomic E-state index is 14.6. The molecule has 0 radical (unpaired) electrons. The number of hydrogen-bond acceptors (Lipinski definition) is 13. The average Bonchev–Trinajstić information content (AvgIpc) is 3.32. The van der Waals surface area contributed by atoms with Gasteiger partial charge in [-0.05, 0) is 44.0 Å². The van der Waals surface area contributed by atoms with Crippen molar-refractivity contribution in [3.8, 4) is 5.75 Å². The van der Waals surface area contributed by atoms with E-state index < -0.39 is 61.7 Å². The van der Waals surface area contributed by atoms with E-state index in [1.165, 1.54) is 29.9 Å². The molecule has 48 heavy (non-hydrogen) atoms. The van der Waals surface area contributed by atoms with Crippen LogP contribution in [0.15, 0.2) is 48.8 Å². The number of nitrogens with one attached hydrogen (secondary N) is 1. The van der Waals surface area contributed by atoms with Crippen LogP contribution in [0.2, 0.25) is 0 Å². The molecule has 2 fully saturated rings. The number of aliphatic hydroxyl groups excluding tert-OH is 1. The molecule has 5 N–H and O–H groups in total. The second-order valence-corrected chi connectivity index (χ2v) is 13.8. The van der Waals surface area contributed by atoms with Crippen LogP contribution < -0.4 is 15.3 Å². The smallest absolute Gasteiger partial charge is 0.459 e. The Hall–Kier alpha value is -3.59. The number of aliphatic hydroxyl groups is 2. The van der Waals surface area contributed by atoms with Gasteiger partial charge in [0.1, 0.15) is 47.5 Å². The summed E-state index contributed by atoms with van der Waals surface area (Å²) in [6.07, 6.45) is 1.50. The number of hydrogen-bond donors (Lipinski definition) is 4. The Morgan fingerprint density at radius 2 is 1.77 bits per heavy atom. The lowest BCUT2D eigenvalue weighted by Gasteiger charge is -2.27. The Labute approximate surface area is 278 Å². The number of ether oxygens (including phenoxy) is 3. The molecule has 1 aliphatic carbocycles. The standard InChI is InChI=1S/C32H44N5O10P/c1-4-6-11-17-43-25(38)19-22(29(40)44-18-12-7-5-2)36-48(42,46-21-13-9-8-10-14-21)47-30-31(3)32(30,41)27(39)26(45-31)23-15-16-24-28(33)34-20-35-37(23)24/h8-10,13-16,20,22,26-27,30,39,41H,4-7,11-12,17-19H2,1-3H3,(H,36,42)(H2,33,34,35)/t22-,26-,27-,30?,31+,32+,48?/m0/s1. The first-order chi connectivity index (χ1) is 23.0. The van der Waals surface area contributed by atoms with Crippen molar-refractivity contribution in [1.29, 1.82) is 0 Å². The van der Waals surface area contributed by atoms with Gasteiger partial charge in [0, 0.05) is 0 Å². The molecule has 7 atom stereocenters. The van der Waals surface area contributed by atoms with Crippen LogP contribution in [0.25, 0.3) is 5.52 Å². The second kappa shape index (κ2) is 14.9. The van der Waals surface area contributed by atoms with Gasteiger partial charge in [-0.25, -0.2) is 14.1 Å². The zero-order chi connectivity index (χ0) is 34.5. The Kier molecular flexibility index (Phi) is 11.1. The van der Waals surface area contributed by atoms with Gasteiger partial charge in [-0.15, -0.1) is 0 Å². The van der Waals surface area contributed by atoms with Gasteiger partial charge in [-0.3, -0.25) is 14.1 Å². The molecule has 5 rings (SSSR count). The lowest BCUT2D eigenvalue weighted by molar-refractivity contribution is -0.152. The van der Waals surface area contributed by atoms with Gasteiger partial charge in [-0.2, -0.15) is 10.2 Å². The van der Waals surface area contributed by atoms with Crippen LogP contribution in [0.1, 0.15) is 77.5 Å². The molecule has 1 aromatic carbocycles. The lowest BCUT2D eigenvalue weighted by atomic mass is 10.0. The maximum Gasteiger partial charge on any atom is 0.459 e. The van der Waals surface area contributed by atoms with Gasteiger partial charge in [0.05, 0.1) is 25.3 Å². The third-order valence-electron chi connectivity index (χ3n) is 8.71. The van der Waals surface area contributed by atoms with Crippen LogP contribution in [0.5, 0.6) is 5.75 Å². The van der Waals surface area contributed by atoms with Gasteiger partial charge in [0.15, 0.2) is 11.4 Å². The molecule has 2 aliphatic rings. The molecule has 15 nitrogen and oxygen atoms in total. The van der Waals surface area contributed by atoms with Crippen molar-refractivity contribution in [2.24, 2.45) is 0 Å². The van der Waals surface area contributed by atoms with Crippen molar-refractivity contribution >= 4 is 31.0 Å². The number of nitrogens with two attached hydrogens (primary N) is 1. The highest BCUT2D eigenvalue weighted by Gasteiger charge is 2.87. The van der Waals surface area contributed by atoms with E-state index in [1.807, 2.05) is 13.8 Å². The number of carbonyl (C=O) groups excluding carboxylic acids is 2. The van der Waals surface area contributed by atoms with Crippen LogP contribution in [0, 0.1) is 0 Å².